The summed E-state index contributed by atoms with van der Waals surface area (Å²) >= 11 is 3.38. The average Bonchev–Trinajstić information content (AvgIpc) is 2.98. The molecular weight excluding hydrogens is 318 g/mol. The molecule has 0 saturated carbocycles. The van der Waals surface area contributed by atoms with E-state index in [0.717, 1.165) is 22.3 Å². The van der Waals surface area contributed by atoms with E-state index in [9.17, 15) is 4.79 Å². The number of hydrogen-bond donors (Lipinski definition) is 2. The highest BCUT2D eigenvalue weighted by Crippen LogP contribution is 2.13. The van der Waals surface area contributed by atoms with Gasteiger partial charge in [0.15, 0.2) is 0 Å². The summed E-state index contributed by atoms with van der Waals surface area (Å²) in [5.74, 6) is 0.647. The van der Waals surface area contributed by atoms with Crippen molar-refractivity contribution < 1.29 is 4.79 Å². The summed E-state index contributed by atoms with van der Waals surface area (Å²) in [5.41, 5.74) is 0.981. The maximum Gasteiger partial charge on any atom is 0.244 e. The Balaban J connectivity index is 1.96. The predicted octanol–water partition coefficient (Wildman–Crippen LogP) is 3.45. The topological polar surface area (TPSA) is 57.8 Å². The van der Waals surface area contributed by atoms with Crippen LogP contribution in [0.15, 0.2) is 47.2 Å². The Bertz CT molecular complexity index is 576. The minimum atomic E-state index is -0.129. The summed E-state index contributed by atoms with van der Waals surface area (Å²) in [7, 11) is 0. The van der Waals surface area contributed by atoms with Crippen LogP contribution in [-0.2, 0) is 4.79 Å². The maximum atomic E-state index is 11.9. The Morgan fingerprint density at radius 1 is 1.45 bits per heavy atom. The first-order valence-electron chi connectivity index (χ1n) is 6.42. The highest BCUT2D eigenvalue weighted by Gasteiger charge is 2.12. The molecule has 1 amide bonds. The van der Waals surface area contributed by atoms with E-state index in [2.05, 4.69) is 31.2 Å². The molecule has 0 bridgehead atoms. The molecule has 104 valence electrons. The van der Waals surface area contributed by atoms with Gasteiger partial charge < -0.3 is 10.3 Å². The Labute approximate surface area is 126 Å². The van der Waals surface area contributed by atoms with E-state index in [1.165, 1.54) is 6.08 Å². The van der Waals surface area contributed by atoms with E-state index in [-0.39, 0.29) is 11.9 Å². The molecule has 2 N–H and O–H groups in total. The third kappa shape index (κ3) is 4.06. The highest BCUT2D eigenvalue weighted by molar-refractivity contribution is 9.10. The van der Waals surface area contributed by atoms with Crippen molar-refractivity contribution in [2.45, 2.75) is 19.4 Å². The van der Waals surface area contributed by atoms with Gasteiger partial charge in [0, 0.05) is 22.9 Å². The van der Waals surface area contributed by atoms with Crippen LogP contribution in [0.4, 0.5) is 0 Å². The molecule has 1 aromatic carbocycles. The van der Waals surface area contributed by atoms with Crippen molar-refractivity contribution in [3.05, 3.63) is 58.6 Å². The van der Waals surface area contributed by atoms with Crippen molar-refractivity contribution >= 4 is 27.9 Å². The van der Waals surface area contributed by atoms with Gasteiger partial charge in [0.25, 0.3) is 0 Å². The number of H-pyrrole nitrogens is 1. The molecule has 0 aliphatic carbocycles. The quantitative estimate of drug-likeness (QED) is 0.823. The van der Waals surface area contributed by atoms with Crippen molar-refractivity contribution in [2.24, 2.45) is 0 Å². The molecule has 0 saturated heterocycles. The Hall–Kier alpha value is -1.88. The molecule has 2 aromatic rings. The summed E-state index contributed by atoms with van der Waals surface area (Å²) in [5, 5.41) is 2.92. The van der Waals surface area contributed by atoms with Gasteiger partial charge in [-0.25, -0.2) is 4.98 Å². The van der Waals surface area contributed by atoms with Gasteiger partial charge in [-0.1, -0.05) is 35.0 Å². The van der Waals surface area contributed by atoms with Crippen molar-refractivity contribution in [1.82, 2.24) is 15.3 Å². The van der Waals surface area contributed by atoms with Crippen molar-refractivity contribution in [2.75, 3.05) is 0 Å². The molecular formula is C15H16BrN3O. The Kier molecular flexibility index (Phi) is 5.12. The van der Waals surface area contributed by atoms with Crippen LogP contribution < -0.4 is 5.32 Å². The summed E-state index contributed by atoms with van der Waals surface area (Å²) in [4.78, 5) is 19.1. The number of amides is 1. The highest BCUT2D eigenvalue weighted by atomic mass is 79.9. The Morgan fingerprint density at radius 3 is 2.80 bits per heavy atom. The van der Waals surface area contributed by atoms with E-state index < -0.39 is 0 Å². The van der Waals surface area contributed by atoms with Gasteiger partial charge in [-0.05, 0) is 30.2 Å². The third-order valence-corrected chi connectivity index (χ3v) is 3.40. The molecule has 5 heteroatoms. The second-order valence-corrected chi connectivity index (χ2v) is 5.24. The van der Waals surface area contributed by atoms with Crippen molar-refractivity contribution in [1.29, 1.82) is 0 Å². The summed E-state index contributed by atoms with van der Waals surface area (Å²) in [6.45, 7) is 2.01. The number of imidazole rings is 1. The molecule has 0 spiro atoms. The lowest BCUT2D eigenvalue weighted by Crippen LogP contribution is -2.27. The number of carbonyl (C=O) groups is 1. The number of nitrogens with one attached hydrogen (secondary N) is 2. The largest absolute Gasteiger partial charge is 0.347 e. The van der Waals surface area contributed by atoms with E-state index >= 15 is 0 Å². The maximum absolute atomic E-state index is 11.9. The molecule has 0 aliphatic heterocycles. The van der Waals surface area contributed by atoms with Gasteiger partial charge in [0.05, 0.1) is 6.04 Å². The minimum Gasteiger partial charge on any atom is -0.347 e. The lowest BCUT2D eigenvalue weighted by atomic mass is 10.2. The fourth-order valence-electron chi connectivity index (χ4n) is 1.80. The molecule has 1 heterocycles. The molecule has 0 fully saturated rings. The molecule has 1 unspecified atom stereocenters. The summed E-state index contributed by atoms with van der Waals surface area (Å²) < 4.78 is 1.02. The van der Waals surface area contributed by atoms with Crippen molar-refractivity contribution in [3.63, 3.8) is 0 Å². The third-order valence-electron chi connectivity index (χ3n) is 2.87. The molecule has 1 atom stereocenters. The van der Waals surface area contributed by atoms with Crippen LogP contribution >= 0.6 is 15.9 Å². The Morgan fingerprint density at radius 2 is 2.20 bits per heavy atom. The molecule has 0 radical (unpaired) electrons. The smallest absolute Gasteiger partial charge is 0.244 e. The van der Waals surface area contributed by atoms with E-state index in [1.807, 2.05) is 31.2 Å². The van der Waals surface area contributed by atoms with Gasteiger partial charge in [-0.3, -0.25) is 4.79 Å². The van der Waals surface area contributed by atoms with Gasteiger partial charge in [-0.2, -0.15) is 0 Å². The average molecular weight is 334 g/mol. The normalized spacial score (nSPS) is 12.5. The van der Waals surface area contributed by atoms with Crippen molar-refractivity contribution in [3.8, 4) is 0 Å². The van der Waals surface area contributed by atoms with Crippen LogP contribution in [0.2, 0.25) is 0 Å². The second kappa shape index (κ2) is 7.05. The number of aromatic amines is 1. The molecule has 2 rings (SSSR count). The van der Waals surface area contributed by atoms with Crippen LogP contribution in [0.1, 0.15) is 30.8 Å². The summed E-state index contributed by atoms with van der Waals surface area (Å²) in [6, 6.07) is 7.67. The lowest BCUT2D eigenvalue weighted by Gasteiger charge is -2.12. The van der Waals surface area contributed by atoms with E-state index in [0.29, 0.717) is 0 Å². The van der Waals surface area contributed by atoms with Gasteiger partial charge in [0.2, 0.25) is 5.91 Å². The number of carbonyl (C=O) groups excluding carboxylic acids is 1. The first-order valence-corrected chi connectivity index (χ1v) is 7.21. The fraction of sp³-hybridized carbons (Fsp3) is 0.200. The van der Waals surface area contributed by atoms with Crippen LogP contribution in [-0.4, -0.2) is 15.9 Å². The number of hydrogen-bond acceptors (Lipinski definition) is 2. The SMILES string of the molecule is CCC(NC(=O)/C=C/c1ccc(Br)cc1)c1ncc[nH]1. The monoisotopic (exact) mass is 333 g/mol. The lowest BCUT2D eigenvalue weighted by molar-refractivity contribution is -0.117. The number of halogens is 1. The van der Waals surface area contributed by atoms with E-state index in [1.54, 1.807) is 18.5 Å². The fourth-order valence-corrected chi connectivity index (χ4v) is 2.06. The molecule has 20 heavy (non-hydrogen) atoms. The zero-order valence-electron chi connectivity index (χ0n) is 11.1. The number of benzene rings is 1. The molecule has 0 aliphatic rings. The number of rotatable bonds is 5. The van der Waals surface area contributed by atoms with Gasteiger partial charge >= 0.3 is 0 Å². The minimum absolute atomic E-state index is 0.0907. The van der Waals surface area contributed by atoms with Crippen LogP contribution in [0.5, 0.6) is 0 Å². The first-order chi connectivity index (χ1) is 9.69. The number of aromatic nitrogens is 2. The zero-order valence-corrected chi connectivity index (χ0v) is 12.7. The summed E-state index contributed by atoms with van der Waals surface area (Å²) in [6.07, 6.45) is 7.54. The molecule has 4 nitrogen and oxygen atoms in total. The van der Waals surface area contributed by atoms with E-state index in [4.69, 9.17) is 0 Å². The van der Waals surface area contributed by atoms with Crippen LogP contribution in [0.25, 0.3) is 6.08 Å². The zero-order chi connectivity index (χ0) is 14.4. The number of nitrogens with zero attached hydrogens (tertiary/aromatic N) is 1. The predicted molar refractivity (Wildman–Crippen MR) is 82.9 cm³/mol. The van der Waals surface area contributed by atoms with Gasteiger partial charge in [0.1, 0.15) is 5.82 Å². The molecule has 1 aromatic heterocycles. The standard InChI is InChI=1S/C15H16BrN3O/c1-2-13(15-17-9-10-18-15)19-14(20)8-5-11-3-6-12(16)7-4-11/h3-10,13H,2H2,1H3,(H,17,18)(H,19,20)/b8-5+. The van der Waals surface area contributed by atoms with Gasteiger partial charge in [-0.15, -0.1) is 0 Å². The van der Waals surface area contributed by atoms with Crippen LogP contribution in [0, 0.1) is 0 Å². The second-order valence-electron chi connectivity index (χ2n) is 4.33. The van der Waals surface area contributed by atoms with Crippen LogP contribution in [0.3, 0.4) is 0 Å². The first kappa shape index (κ1) is 14.5.